The summed E-state index contributed by atoms with van der Waals surface area (Å²) in [5.41, 5.74) is 11.1. The summed E-state index contributed by atoms with van der Waals surface area (Å²) in [6.07, 6.45) is -1.46. The normalized spacial score (nSPS) is 17.0. The van der Waals surface area contributed by atoms with Crippen LogP contribution in [-0.2, 0) is 54.3 Å². The molecule has 8 N–H and O–H groups in total. The maximum atomic E-state index is 14.8. The summed E-state index contributed by atoms with van der Waals surface area (Å²) in [6.45, 7) is 18.7. The number of primary amides is 1. The molecule has 9 amide bonds. The van der Waals surface area contributed by atoms with Crippen molar-refractivity contribution >= 4 is 59.2 Å². The highest BCUT2D eigenvalue weighted by Crippen LogP contribution is 2.44. The Morgan fingerprint density at radius 3 is 1.85 bits per heavy atom. The van der Waals surface area contributed by atoms with Gasteiger partial charge < -0.3 is 66.2 Å². The number of anilines is 1. The summed E-state index contributed by atoms with van der Waals surface area (Å²) in [6, 6.07) is 25.4. The Morgan fingerprint density at radius 2 is 1.28 bits per heavy atom. The van der Waals surface area contributed by atoms with E-state index in [1.165, 1.54) is 19.1 Å². The number of carbonyl (C=O) groups excluding carboxylic acids is 9. The van der Waals surface area contributed by atoms with E-state index in [4.69, 9.17) is 24.7 Å². The smallest absolute Gasteiger partial charge is 0.410 e. The molecule has 1 heterocycles. The topological polar surface area (TPSA) is 307 Å². The zero-order chi connectivity index (χ0) is 71.4. The minimum Gasteiger partial charge on any atom is -0.449 e. The first-order chi connectivity index (χ1) is 46.1. The van der Waals surface area contributed by atoms with Gasteiger partial charge in [-0.2, -0.15) is 0 Å². The fourth-order valence-electron chi connectivity index (χ4n) is 13.5. The first-order valence-electron chi connectivity index (χ1n) is 34.1. The van der Waals surface area contributed by atoms with Crippen molar-refractivity contribution < 1.29 is 67.2 Å². The van der Waals surface area contributed by atoms with Crippen LogP contribution in [0, 0.1) is 35.5 Å². The highest BCUT2D eigenvalue weighted by molar-refractivity contribution is 5.98. The Bertz CT molecular complexity index is 3250. The molecule has 1 saturated heterocycles. The van der Waals surface area contributed by atoms with Gasteiger partial charge in [-0.1, -0.05) is 167 Å². The first-order valence-corrected chi connectivity index (χ1v) is 34.1. The molecule has 23 nitrogen and oxygen atoms in total. The second-order valence-electron chi connectivity index (χ2n) is 27.0. The molecule has 0 radical (unpaired) electrons. The van der Waals surface area contributed by atoms with E-state index >= 15 is 0 Å². The number of alkyl carbamates (subject to hydrolysis) is 1. The van der Waals surface area contributed by atoms with E-state index in [2.05, 4.69) is 26.6 Å². The SMILES string of the molecule is CC[C@H](C)[C@@H]([C@@H](CC(=O)N1CCC[C@H]1[C@H](OC)[C@@H](C)C(=O)C[C@H](C)[C@@H](O)c1ccccc1)OC)N(C)C(=O)[C@@H](NC(=O)[C@H](C(C)C)N(C)C(=O)OCc1ccc(NC(=O)[C@H](CCCNC(N)=O)NC(=O)[C@@H](NC(=O)OCC2c3ccccc3-c3ccccc32)C(C)C)cc1)C(C)C. The Hall–Kier alpha value is -8.41. The zero-order valence-electron chi connectivity index (χ0n) is 59.0. The van der Waals surface area contributed by atoms with Crippen LogP contribution >= 0.6 is 0 Å². The lowest BCUT2D eigenvalue weighted by molar-refractivity contribution is -0.148. The molecule has 1 aliphatic heterocycles. The number of benzene rings is 4. The summed E-state index contributed by atoms with van der Waals surface area (Å²) in [4.78, 5) is 129. The van der Waals surface area contributed by atoms with Crippen LogP contribution in [0.3, 0.4) is 0 Å². The number of rotatable bonds is 35. The number of nitrogens with two attached hydrogens (primary N) is 1. The molecule has 0 bridgehead atoms. The van der Waals surface area contributed by atoms with Crippen LogP contribution < -0.4 is 32.3 Å². The number of urea groups is 1. The van der Waals surface area contributed by atoms with Gasteiger partial charge in [0.1, 0.15) is 43.2 Å². The lowest BCUT2D eigenvalue weighted by Gasteiger charge is -2.41. The van der Waals surface area contributed by atoms with Crippen LogP contribution in [0.5, 0.6) is 0 Å². The molecule has 1 aliphatic carbocycles. The Morgan fingerprint density at radius 1 is 0.670 bits per heavy atom. The monoisotopic (exact) mass is 1340 g/mol. The van der Waals surface area contributed by atoms with Crippen LogP contribution in [0.4, 0.5) is 20.1 Å². The molecule has 530 valence electrons. The number of nitrogens with one attached hydrogen (secondary N) is 5. The molecule has 1 fully saturated rings. The number of Topliss-reactive ketones (excluding diaryl/α,β-unsaturated/α-hetero) is 1. The van der Waals surface area contributed by atoms with Gasteiger partial charge in [-0.3, -0.25) is 33.7 Å². The molecule has 0 spiro atoms. The number of aliphatic hydroxyl groups is 1. The van der Waals surface area contributed by atoms with Gasteiger partial charge in [-0.25, -0.2) is 14.4 Å². The van der Waals surface area contributed by atoms with E-state index < -0.39 is 120 Å². The molecule has 97 heavy (non-hydrogen) atoms. The summed E-state index contributed by atoms with van der Waals surface area (Å²) in [5, 5.41) is 24.8. The second-order valence-corrected chi connectivity index (χ2v) is 27.0. The maximum Gasteiger partial charge on any atom is 0.410 e. The third-order valence-electron chi connectivity index (χ3n) is 19.1. The van der Waals surface area contributed by atoms with Gasteiger partial charge in [-0.05, 0) is 101 Å². The van der Waals surface area contributed by atoms with Gasteiger partial charge in [0.15, 0.2) is 0 Å². The van der Waals surface area contributed by atoms with Crippen molar-refractivity contribution in [1.29, 1.82) is 0 Å². The Balaban J connectivity index is 1.04. The van der Waals surface area contributed by atoms with Crippen molar-refractivity contribution in [2.75, 3.05) is 53.3 Å². The number of ether oxygens (including phenoxy) is 4. The third kappa shape index (κ3) is 20.6. The van der Waals surface area contributed by atoms with Gasteiger partial charge in [0, 0.05) is 65.3 Å². The van der Waals surface area contributed by atoms with E-state index in [0.717, 1.165) is 27.8 Å². The van der Waals surface area contributed by atoms with Gasteiger partial charge in [0.25, 0.3) is 0 Å². The number of methoxy groups -OCH3 is 2. The molecule has 0 unspecified atom stereocenters. The van der Waals surface area contributed by atoms with Crippen LogP contribution in [-0.4, -0.2) is 170 Å². The lowest BCUT2D eigenvalue weighted by atomic mass is 9.85. The van der Waals surface area contributed by atoms with E-state index in [0.29, 0.717) is 37.1 Å². The predicted molar refractivity (Wildman–Crippen MR) is 370 cm³/mol. The summed E-state index contributed by atoms with van der Waals surface area (Å²) >= 11 is 0. The molecule has 4 aromatic rings. The Labute approximate surface area is 572 Å². The second kappa shape index (κ2) is 36.8. The van der Waals surface area contributed by atoms with Crippen LogP contribution in [0.2, 0.25) is 0 Å². The van der Waals surface area contributed by atoms with Crippen LogP contribution in [0.15, 0.2) is 103 Å². The molecular weight excluding hydrogens is 1240 g/mol. The van der Waals surface area contributed by atoms with E-state index in [-0.39, 0.29) is 74.9 Å². The average Bonchev–Trinajstić information content (AvgIpc) is 1.62. The number of likely N-dealkylation sites (N-methyl/N-ethyl adjacent to an activating group) is 2. The van der Waals surface area contributed by atoms with Crippen molar-refractivity contribution in [3.05, 3.63) is 125 Å². The largest absolute Gasteiger partial charge is 0.449 e. The molecule has 0 aromatic heterocycles. The highest BCUT2D eigenvalue weighted by Gasteiger charge is 2.44. The van der Waals surface area contributed by atoms with Crippen molar-refractivity contribution in [2.45, 2.75) is 181 Å². The quantitative estimate of drug-likeness (QED) is 0.0211. The van der Waals surface area contributed by atoms with Gasteiger partial charge in [0.2, 0.25) is 29.5 Å². The number of nitrogens with zero attached hydrogens (tertiary/aromatic N) is 3. The highest BCUT2D eigenvalue weighted by atomic mass is 16.6. The minimum atomic E-state index is -1.12. The zero-order valence-corrected chi connectivity index (χ0v) is 59.0. The van der Waals surface area contributed by atoms with E-state index in [1.807, 2.05) is 120 Å². The standard InChI is InChI=1S/C74H105N9O14/c1-15-46(8)65(60(94-13)40-61(85)83-38-24-32-58(83)67(95-14)48(10)59(84)39-47(9)66(86)50-25-17-16-18-26-50)81(11)71(90)63(44(4)5)79-70(89)64(45(6)7)82(12)74(93)97-41-49-33-35-51(36-34-49)77-68(87)57(31-23-37-76-72(75)91)78-69(88)62(43(2)3)80-73(92)96-42-56-54-29-21-19-27-52(54)53-28-20-22-30-55(53)56/h16-22,25-30,33-36,43-48,56-58,60,62-67,86H,15,23-24,31-32,37-42H2,1-14H3,(H,77,87)(H,78,88)(H,79,89)(H,80,92)(H3,75,76,91)/t46-,47-,48-,57-,58-,60+,62-,63-,64-,65-,66+,67+/m0/s1. The summed E-state index contributed by atoms with van der Waals surface area (Å²) < 4.78 is 23.6. The molecule has 12 atom stereocenters. The summed E-state index contributed by atoms with van der Waals surface area (Å²) in [7, 11) is 6.15. The number of aliphatic hydroxyl groups excluding tert-OH is 1. The maximum absolute atomic E-state index is 14.8. The van der Waals surface area contributed by atoms with Crippen molar-refractivity contribution in [3.63, 3.8) is 0 Å². The van der Waals surface area contributed by atoms with Gasteiger partial charge >= 0.3 is 18.2 Å². The molecule has 6 rings (SSSR count). The number of likely N-dealkylation sites (tertiary alicyclic amines) is 1. The average molecular weight is 1340 g/mol. The predicted octanol–water partition coefficient (Wildman–Crippen LogP) is 9.10. The van der Waals surface area contributed by atoms with E-state index in [9.17, 15) is 48.3 Å². The number of carbonyl (C=O) groups is 9. The Kier molecular flexibility index (Phi) is 29.4. The molecular formula is C74H105N9O14. The first kappa shape index (κ1) is 77.6. The number of amides is 9. The number of ketones is 1. The molecule has 4 aromatic carbocycles. The number of fused-ring (bicyclic) bond motifs is 3. The minimum absolute atomic E-state index is 0.0329. The molecule has 23 heteroatoms. The number of hydrogen-bond donors (Lipinski definition) is 7. The molecule has 2 aliphatic rings. The molecule has 0 saturated carbocycles. The van der Waals surface area contributed by atoms with E-state index in [1.54, 1.807) is 75.9 Å². The van der Waals surface area contributed by atoms with Crippen molar-refractivity contribution in [2.24, 2.45) is 41.2 Å². The lowest BCUT2D eigenvalue weighted by Crippen LogP contribution is -2.60. The number of hydrogen-bond acceptors (Lipinski definition) is 14. The fourth-order valence-corrected chi connectivity index (χ4v) is 13.5. The van der Waals surface area contributed by atoms with Crippen LogP contribution in [0.1, 0.15) is 148 Å². The fraction of sp³-hybridized carbons (Fsp3) is 0.554. The van der Waals surface area contributed by atoms with Crippen LogP contribution in [0.25, 0.3) is 11.1 Å². The summed E-state index contributed by atoms with van der Waals surface area (Å²) in [5.74, 6) is -5.05. The van der Waals surface area contributed by atoms with Crippen molar-refractivity contribution in [3.8, 4) is 11.1 Å². The van der Waals surface area contributed by atoms with Crippen molar-refractivity contribution in [1.82, 2.24) is 36.0 Å². The third-order valence-corrected chi connectivity index (χ3v) is 19.1. The van der Waals surface area contributed by atoms with Gasteiger partial charge in [0.05, 0.1) is 36.8 Å². The van der Waals surface area contributed by atoms with Gasteiger partial charge in [-0.15, -0.1) is 0 Å².